The van der Waals surface area contributed by atoms with Crippen molar-refractivity contribution < 1.29 is 27.2 Å². The van der Waals surface area contributed by atoms with E-state index in [1.165, 1.54) is 6.07 Å². The van der Waals surface area contributed by atoms with Crippen LogP contribution in [0, 0.1) is 10.1 Å². The Hall–Kier alpha value is -2.92. The highest BCUT2D eigenvalue weighted by Crippen LogP contribution is 2.23. The van der Waals surface area contributed by atoms with Crippen molar-refractivity contribution in [3.05, 3.63) is 64.7 Å². The molecule has 0 radical (unpaired) electrons. The second-order valence-electron chi connectivity index (χ2n) is 4.82. The molecule has 0 aromatic heterocycles. The predicted octanol–water partition coefficient (Wildman–Crippen LogP) is 2.97. The molecule has 0 unspecified atom stereocenters. The average Bonchev–Trinajstić information content (AvgIpc) is 2.66. The maximum atomic E-state index is 12.2. The molecule has 27 heavy (non-hydrogen) atoms. The number of nitro groups is 1. The lowest BCUT2D eigenvalue weighted by molar-refractivity contribution is -0.385. The summed E-state index contributed by atoms with van der Waals surface area (Å²) in [5, 5.41) is 13.9. The summed E-state index contributed by atoms with van der Waals surface area (Å²) < 4.78 is 33.9. The van der Waals surface area contributed by atoms with Gasteiger partial charge in [0.1, 0.15) is 4.90 Å². The van der Waals surface area contributed by atoms with Crippen molar-refractivity contribution in [1.82, 2.24) is 0 Å². The van der Waals surface area contributed by atoms with E-state index in [-0.39, 0.29) is 11.7 Å². The molecule has 0 atom stereocenters. The van der Waals surface area contributed by atoms with E-state index in [1.807, 2.05) is 0 Å². The summed E-state index contributed by atoms with van der Waals surface area (Å²) in [6, 6.07) is 12.9. The summed E-state index contributed by atoms with van der Waals surface area (Å²) in [7, 11) is -4.47. The third kappa shape index (κ3) is 5.79. The largest absolute Gasteiger partial charge is 0.461 e. The Balaban J connectivity index is 2.29. The molecule has 0 saturated carbocycles. The Labute approximate surface area is 159 Å². The topological polar surface area (TPSA) is 125 Å². The number of carbonyl (C=O) groups excluding carboxylic acids is 1. The summed E-state index contributed by atoms with van der Waals surface area (Å²) >= 11 is 0.858. The average molecular weight is 410 g/mol. The van der Waals surface area contributed by atoms with Crippen LogP contribution in [0.1, 0.15) is 6.92 Å². The molecule has 0 aliphatic rings. The van der Waals surface area contributed by atoms with Crippen molar-refractivity contribution in [2.24, 2.45) is 5.16 Å². The smallest absolute Gasteiger partial charge is 0.367 e. The normalized spacial score (nSPS) is 11.7. The summed E-state index contributed by atoms with van der Waals surface area (Å²) in [6.07, 6.45) is 0. The molecule has 9 nitrogen and oxygen atoms in total. The molecule has 0 spiro atoms. The first-order valence-electron chi connectivity index (χ1n) is 7.49. The molecule has 0 bridgehead atoms. The van der Waals surface area contributed by atoms with Gasteiger partial charge < -0.3 is 4.74 Å². The van der Waals surface area contributed by atoms with Crippen LogP contribution in [-0.2, 0) is 23.9 Å². The van der Waals surface area contributed by atoms with Gasteiger partial charge in [0.25, 0.3) is 5.69 Å². The number of oxime groups is 1. The van der Waals surface area contributed by atoms with Crippen LogP contribution < -0.4 is 0 Å². The zero-order chi connectivity index (χ0) is 19.9. The van der Waals surface area contributed by atoms with E-state index in [1.54, 1.807) is 37.3 Å². The third-order valence-corrected chi connectivity index (χ3v) is 4.99. The summed E-state index contributed by atoms with van der Waals surface area (Å²) in [5.74, 6) is -0.861. The van der Waals surface area contributed by atoms with E-state index in [2.05, 4.69) is 9.44 Å². The van der Waals surface area contributed by atoms with Crippen LogP contribution >= 0.6 is 11.8 Å². The standard InChI is InChI=1S/C16H14N2O7S2/c1-2-24-16(19)15(26-13-8-4-3-5-9-13)17-25-27(22,23)14-10-6-7-12(11-14)18(20)21/h3-11H,2H2,1H3/b17-15-. The first-order chi connectivity index (χ1) is 12.8. The molecular weight excluding hydrogens is 396 g/mol. The number of ether oxygens (including phenoxy) is 1. The second kappa shape index (κ2) is 9.14. The molecule has 2 rings (SSSR count). The van der Waals surface area contributed by atoms with E-state index in [9.17, 15) is 23.3 Å². The SMILES string of the molecule is CCOC(=O)/C(=N/OS(=O)(=O)c1cccc([N+](=O)[O-])c1)Sc1ccccc1. The number of rotatable bonds is 6. The second-order valence-corrected chi connectivity index (χ2v) is 7.41. The van der Waals surface area contributed by atoms with Crippen molar-refractivity contribution in [2.45, 2.75) is 16.7 Å². The predicted molar refractivity (Wildman–Crippen MR) is 97.7 cm³/mol. The van der Waals surface area contributed by atoms with Crippen molar-refractivity contribution in [1.29, 1.82) is 0 Å². The van der Waals surface area contributed by atoms with Crippen molar-refractivity contribution in [2.75, 3.05) is 6.61 Å². The van der Waals surface area contributed by atoms with Crippen LogP contribution in [0.2, 0.25) is 0 Å². The molecule has 0 aliphatic carbocycles. The monoisotopic (exact) mass is 410 g/mol. The van der Waals surface area contributed by atoms with Crippen LogP contribution in [0.5, 0.6) is 0 Å². The fourth-order valence-electron chi connectivity index (χ4n) is 1.77. The van der Waals surface area contributed by atoms with Crippen molar-refractivity contribution >= 4 is 38.6 Å². The van der Waals surface area contributed by atoms with Crippen molar-refractivity contribution in [3.8, 4) is 0 Å². The number of nitrogens with zero attached hydrogens (tertiary/aromatic N) is 2. The number of nitro benzene ring substituents is 1. The number of thioether (sulfide) groups is 1. The zero-order valence-electron chi connectivity index (χ0n) is 14.0. The molecule has 2 aromatic rings. The number of carbonyl (C=O) groups is 1. The van der Waals surface area contributed by atoms with Gasteiger partial charge in [-0.3, -0.25) is 14.4 Å². The molecule has 0 fully saturated rings. The Morgan fingerprint density at radius 2 is 1.89 bits per heavy atom. The maximum Gasteiger partial charge on any atom is 0.367 e. The van der Waals surface area contributed by atoms with Gasteiger partial charge in [-0.25, -0.2) is 4.79 Å². The van der Waals surface area contributed by atoms with Gasteiger partial charge in [0.05, 0.1) is 11.5 Å². The Morgan fingerprint density at radius 1 is 1.19 bits per heavy atom. The first kappa shape index (κ1) is 20.4. The van der Waals surface area contributed by atoms with Gasteiger partial charge in [-0.1, -0.05) is 41.2 Å². The molecule has 142 valence electrons. The summed E-state index contributed by atoms with van der Waals surface area (Å²) in [5.41, 5.74) is -0.423. The van der Waals surface area contributed by atoms with Crippen molar-refractivity contribution in [3.63, 3.8) is 0 Å². The fraction of sp³-hybridized carbons (Fsp3) is 0.125. The van der Waals surface area contributed by atoms with E-state index < -0.39 is 31.6 Å². The zero-order valence-corrected chi connectivity index (χ0v) is 15.6. The molecular formula is C16H14N2O7S2. The van der Waals surface area contributed by atoms with E-state index in [4.69, 9.17) is 4.74 Å². The van der Waals surface area contributed by atoms with Gasteiger partial charge in [0.2, 0.25) is 5.04 Å². The maximum absolute atomic E-state index is 12.2. The van der Waals surface area contributed by atoms with Gasteiger partial charge in [-0.05, 0) is 25.1 Å². The lowest BCUT2D eigenvalue weighted by Gasteiger charge is -2.06. The Bertz CT molecular complexity index is 960. The fourth-order valence-corrected chi connectivity index (χ4v) is 3.32. The van der Waals surface area contributed by atoms with Gasteiger partial charge in [0, 0.05) is 17.0 Å². The molecule has 0 saturated heterocycles. The van der Waals surface area contributed by atoms with Gasteiger partial charge in [-0.15, -0.1) is 0 Å². The van der Waals surface area contributed by atoms with Crippen LogP contribution in [0.25, 0.3) is 0 Å². The van der Waals surface area contributed by atoms with Crippen LogP contribution in [0.4, 0.5) is 5.69 Å². The molecule has 2 aromatic carbocycles. The minimum absolute atomic E-state index is 0.0604. The Kier molecular flexibility index (Phi) is 6.91. The molecule has 0 aliphatic heterocycles. The molecule has 0 heterocycles. The summed E-state index contributed by atoms with van der Waals surface area (Å²) in [4.78, 5) is 22.2. The van der Waals surface area contributed by atoms with Crippen LogP contribution in [-0.4, -0.2) is 31.0 Å². The van der Waals surface area contributed by atoms with Crippen LogP contribution in [0.15, 0.2) is 69.5 Å². The number of hydrogen-bond acceptors (Lipinski definition) is 9. The van der Waals surface area contributed by atoms with Crippen LogP contribution in [0.3, 0.4) is 0 Å². The molecule has 0 N–H and O–H groups in total. The van der Waals surface area contributed by atoms with Gasteiger partial charge in [-0.2, -0.15) is 8.42 Å². The third-order valence-electron chi connectivity index (χ3n) is 2.94. The van der Waals surface area contributed by atoms with E-state index in [0.717, 1.165) is 30.0 Å². The number of benzene rings is 2. The quantitative estimate of drug-likeness (QED) is 0.178. The Morgan fingerprint density at radius 3 is 2.52 bits per heavy atom. The van der Waals surface area contributed by atoms with E-state index >= 15 is 0 Å². The van der Waals surface area contributed by atoms with Gasteiger partial charge >= 0.3 is 16.1 Å². The lowest BCUT2D eigenvalue weighted by atomic mass is 10.3. The minimum atomic E-state index is -4.47. The van der Waals surface area contributed by atoms with Gasteiger partial charge in [0.15, 0.2) is 0 Å². The first-order valence-corrected chi connectivity index (χ1v) is 9.72. The minimum Gasteiger partial charge on any atom is -0.461 e. The molecule has 11 heteroatoms. The molecule has 0 amide bonds. The number of non-ortho nitro benzene ring substituents is 1. The lowest BCUT2D eigenvalue weighted by Crippen LogP contribution is -2.16. The van der Waals surface area contributed by atoms with E-state index in [0.29, 0.717) is 4.90 Å². The number of hydrogen-bond donors (Lipinski definition) is 0. The number of esters is 1. The summed E-state index contributed by atoms with van der Waals surface area (Å²) in [6.45, 7) is 1.65. The highest BCUT2D eigenvalue weighted by Gasteiger charge is 2.22. The highest BCUT2D eigenvalue weighted by atomic mass is 32.2. The highest BCUT2D eigenvalue weighted by molar-refractivity contribution is 8.15.